The SMILES string of the molecule is CC/C=C\C/C=C\C/C=C\C/C=C\CCCCCCC(=O)OC(COCCC/C=C\C/C=C\C/C=C\C/C=C\CC)COC1OC(CO)C(O)C(OS(=O)(=O)O)C1O. The molecule has 0 bridgehead atoms. The molecule has 1 rings (SSSR count). The maximum absolute atomic E-state index is 12.8. The summed E-state index contributed by atoms with van der Waals surface area (Å²) in [5.74, 6) is -0.447. The molecular formula is C45H72O12S. The third kappa shape index (κ3) is 29.3. The van der Waals surface area contributed by atoms with E-state index in [0.29, 0.717) is 13.0 Å². The van der Waals surface area contributed by atoms with Gasteiger partial charge in [-0.3, -0.25) is 9.35 Å². The van der Waals surface area contributed by atoms with E-state index in [1.54, 1.807) is 0 Å². The maximum atomic E-state index is 12.8. The molecule has 330 valence electrons. The highest BCUT2D eigenvalue weighted by Crippen LogP contribution is 2.26. The van der Waals surface area contributed by atoms with Gasteiger partial charge in [-0.2, -0.15) is 8.42 Å². The predicted octanol–water partition coefficient (Wildman–Crippen LogP) is 8.29. The van der Waals surface area contributed by atoms with Gasteiger partial charge in [-0.05, 0) is 83.5 Å². The normalized spacial score (nSPS) is 21.5. The first kappa shape index (κ1) is 53.0. The molecule has 13 heteroatoms. The van der Waals surface area contributed by atoms with Crippen LogP contribution in [0.2, 0.25) is 0 Å². The average Bonchev–Trinajstić information content (AvgIpc) is 3.19. The third-order valence-electron chi connectivity index (χ3n) is 8.70. The van der Waals surface area contributed by atoms with Crippen LogP contribution in [-0.2, 0) is 38.3 Å². The van der Waals surface area contributed by atoms with Crippen LogP contribution in [0.1, 0.15) is 117 Å². The van der Waals surface area contributed by atoms with Crippen LogP contribution >= 0.6 is 0 Å². The van der Waals surface area contributed by atoms with Gasteiger partial charge in [0.1, 0.15) is 30.5 Å². The minimum Gasteiger partial charge on any atom is -0.457 e. The van der Waals surface area contributed by atoms with E-state index in [2.05, 4.69) is 115 Å². The second kappa shape index (κ2) is 35.9. The number of aliphatic hydroxyl groups excluding tert-OH is 3. The molecule has 1 aliphatic heterocycles. The minimum absolute atomic E-state index is 0.0192. The van der Waals surface area contributed by atoms with Crippen molar-refractivity contribution in [1.29, 1.82) is 0 Å². The van der Waals surface area contributed by atoms with E-state index in [1.807, 2.05) is 0 Å². The Hall–Kier alpha value is -2.98. The van der Waals surface area contributed by atoms with E-state index in [-0.39, 0.29) is 19.6 Å². The molecule has 0 saturated carbocycles. The number of hydrogen-bond acceptors (Lipinski definition) is 11. The zero-order valence-electron chi connectivity index (χ0n) is 34.8. The summed E-state index contributed by atoms with van der Waals surface area (Å²) in [5, 5.41) is 30.6. The molecule has 0 radical (unpaired) electrons. The van der Waals surface area contributed by atoms with Crippen molar-refractivity contribution in [2.24, 2.45) is 0 Å². The van der Waals surface area contributed by atoms with E-state index in [1.165, 1.54) is 0 Å². The van der Waals surface area contributed by atoms with E-state index < -0.39 is 59.8 Å². The monoisotopic (exact) mass is 836 g/mol. The number of hydrogen-bond donors (Lipinski definition) is 4. The zero-order chi connectivity index (χ0) is 42.5. The van der Waals surface area contributed by atoms with Gasteiger partial charge in [-0.1, -0.05) is 124 Å². The third-order valence-corrected chi connectivity index (χ3v) is 9.17. The Morgan fingerprint density at radius 1 is 0.655 bits per heavy atom. The van der Waals surface area contributed by atoms with Gasteiger partial charge in [0.15, 0.2) is 6.29 Å². The lowest BCUT2D eigenvalue weighted by molar-refractivity contribution is -0.301. The quantitative estimate of drug-likeness (QED) is 0.0211. The maximum Gasteiger partial charge on any atom is 0.397 e. The zero-order valence-corrected chi connectivity index (χ0v) is 35.6. The van der Waals surface area contributed by atoms with Gasteiger partial charge in [-0.15, -0.1) is 0 Å². The Kier molecular flexibility index (Phi) is 32.8. The molecular weight excluding hydrogens is 765 g/mol. The number of rotatable bonds is 34. The molecule has 0 spiro atoms. The lowest BCUT2D eigenvalue weighted by atomic mass is 9.99. The first-order chi connectivity index (χ1) is 28.1. The molecule has 1 aliphatic rings. The lowest BCUT2D eigenvalue weighted by Crippen LogP contribution is -2.60. The Morgan fingerprint density at radius 3 is 1.64 bits per heavy atom. The smallest absolute Gasteiger partial charge is 0.397 e. The van der Waals surface area contributed by atoms with E-state index in [9.17, 15) is 28.5 Å². The summed E-state index contributed by atoms with van der Waals surface area (Å²) in [6.45, 7) is 3.54. The molecule has 1 fully saturated rings. The number of carbonyl (C=O) groups excluding carboxylic acids is 1. The largest absolute Gasteiger partial charge is 0.457 e. The van der Waals surface area contributed by atoms with Crippen LogP contribution in [0, 0.1) is 0 Å². The molecule has 0 amide bonds. The number of aliphatic hydroxyl groups is 3. The predicted molar refractivity (Wildman–Crippen MR) is 229 cm³/mol. The van der Waals surface area contributed by atoms with Gasteiger partial charge in [0.05, 0.1) is 19.8 Å². The van der Waals surface area contributed by atoms with Crippen LogP contribution in [-0.4, -0.2) is 97.5 Å². The van der Waals surface area contributed by atoms with Crippen molar-refractivity contribution < 1.29 is 56.2 Å². The number of unbranched alkanes of at least 4 members (excludes halogenated alkanes) is 5. The number of carbonyl (C=O) groups is 1. The van der Waals surface area contributed by atoms with Crippen LogP contribution in [0.4, 0.5) is 0 Å². The molecule has 58 heavy (non-hydrogen) atoms. The number of allylic oxidation sites excluding steroid dienone is 16. The summed E-state index contributed by atoms with van der Waals surface area (Å²) in [6.07, 6.45) is 38.8. The van der Waals surface area contributed by atoms with Crippen molar-refractivity contribution in [3.8, 4) is 0 Å². The Labute approximate surface area is 348 Å². The Bertz CT molecular complexity index is 1380. The summed E-state index contributed by atoms with van der Waals surface area (Å²) < 4.78 is 58.8. The molecule has 4 N–H and O–H groups in total. The highest BCUT2D eigenvalue weighted by atomic mass is 32.3. The van der Waals surface area contributed by atoms with Crippen molar-refractivity contribution in [2.45, 2.75) is 153 Å². The van der Waals surface area contributed by atoms with Gasteiger partial charge in [0.2, 0.25) is 0 Å². The van der Waals surface area contributed by atoms with Gasteiger partial charge in [-0.25, -0.2) is 4.18 Å². The molecule has 6 atom stereocenters. The average molecular weight is 837 g/mol. The molecule has 0 aromatic heterocycles. The van der Waals surface area contributed by atoms with Gasteiger partial charge < -0.3 is 34.3 Å². The molecule has 1 saturated heterocycles. The minimum atomic E-state index is -5.08. The van der Waals surface area contributed by atoms with E-state index in [4.69, 9.17) is 23.5 Å². The molecule has 1 heterocycles. The summed E-state index contributed by atoms with van der Waals surface area (Å²) in [4.78, 5) is 12.8. The first-order valence-electron chi connectivity index (χ1n) is 21.0. The first-order valence-corrected chi connectivity index (χ1v) is 22.4. The number of esters is 1. The second-order valence-electron chi connectivity index (χ2n) is 13.8. The Balaban J connectivity index is 2.54. The molecule has 0 aromatic carbocycles. The van der Waals surface area contributed by atoms with Gasteiger partial charge >= 0.3 is 16.4 Å². The van der Waals surface area contributed by atoms with Gasteiger partial charge in [0.25, 0.3) is 0 Å². The number of ether oxygens (including phenoxy) is 4. The highest BCUT2D eigenvalue weighted by Gasteiger charge is 2.48. The van der Waals surface area contributed by atoms with Crippen LogP contribution in [0.3, 0.4) is 0 Å². The van der Waals surface area contributed by atoms with Crippen molar-refractivity contribution in [3.05, 3.63) is 97.2 Å². The van der Waals surface area contributed by atoms with Crippen molar-refractivity contribution in [1.82, 2.24) is 0 Å². The topological polar surface area (TPSA) is 178 Å². The summed E-state index contributed by atoms with van der Waals surface area (Å²) in [5.41, 5.74) is 0. The fourth-order valence-corrected chi connectivity index (χ4v) is 6.11. The van der Waals surface area contributed by atoms with Gasteiger partial charge in [0, 0.05) is 13.0 Å². The summed E-state index contributed by atoms with van der Waals surface area (Å²) in [7, 11) is -5.08. The van der Waals surface area contributed by atoms with E-state index >= 15 is 0 Å². The summed E-state index contributed by atoms with van der Waals surface area (Å²) >= 11 is 0. The summed E-state index contributed by atoms with van der Waals surface area (Å²) in [6, 6.07) is 0. The Morgan fingerprint density at radius 2 is 1.14 bits per heavy atom. The van der Waals surface area contributed by atoms with Crippen LogP contribution in [0.15, 0.2) is 97.2 Å². The van der Waals surface area contributed by atoms with Crippen LogP contribution in [0.25, 0.3) is 0 Å². The lowest BCUT2D eigenvalue weighted by Gasteiger charge is -2.41. The van der Waals surface area contributed by atoms with Crippen molar-refractivity contribution in [2.75, 3.05) is 26.4 Å². The van der Waals surface area contributed by atoms with Crippen molar-refractivity contribution >= 4 is 16.4 Å². The second-order valence-corrected chi connectivity index (χ2v) is 14.9. The highest BCUT2D eigenvalue weighted by molar-refractivity contribution is 7.80. The molecule has 6 unspecified atom stereocenters. The van der Waals surface area contributed by atoms with Crippen LogP contribution < -0.4 is 0 Å². The fraction of sp³-hybridized carbons (Fsp3) is 0.622. The van der Waals surface area contributed by atoms with Crippen molar-refractivity contribution in [3.63, 3.8) is 0 Å². The molecule has 12 nitrogen and oxygen atoms in total. The van der Waals surface area contributed by atoms with E-state index in [0.717, 1.165) is 89.9 Å². The standard InChI is InChI=1S/C45H72O12S/c1-3-5-7-9-11-13-15-17-19-20-21-22-24-26-28-30-32-34-41(47)55-39(37-53-35-33-31-29-27-25-23-18-16-14-12-10-8-6-4-2)38-54-45-43(49)44(57-58(50,51)52)42(48)40(36-46)56-45/h5-8,11-14,17-19,21-23,27,29,39-40,42-46,48-49H,3-4,9-10,15-16,20,24-26,28,30-38H2,1-2H3,(H,50,51,52)/b7-5-,8-6-,13-11-,14-12-,19-17-,22-21-,23-18-,29-27-. The van der Waals surface area contributed by atoms with Crippen LogP contribution in [0.5, 0.6) is 0 Å². The molecule has 0 aromatic rings. The fourth-order valence-electron chi connectivity index (χ4n) is 5.61. The molecule has 0 aliphatic carbocycles.